The lowest BCUT2D eigenvalue weighted by Crippen LogP contribution is -2.10. The van der Waals surface area contributed by atoms with Crippen LogP contribution in [0.1, 0.15) is 52.7 Å². The molecule has 0 unspecified atom stereocenters. The maximum absolute atomic E-state index is 13.1. The van der Waals surface area contributed by atoms with Gasteiger partial charge in [0.1, 0.15) is 0 Å². The van der Waals surface area contributed by atoms with Crippen LogP contribution in [-0.2, 0) is 20.7 Å². The summed E-state index contributed by atoms with van der Waals surface area (Å²) >= 11 is 0. The SMILES string of the molecule is CC(C)(C)c1ccc2c(c1)c1cc(C(C)(C)C)ccc1n2-c1ccc(S(=O)(=O)c2ccccc2)cc1. The summed E-state index contributed by atoms with van der Waals surface area (Å²) in [6.07, 6.45) is 0. The normalized spacial score (nSPS) is 12.9. The average Bonchev–Trinajstić information content (AvgIpc) is 3.17. The van der Waals surface area contributed by atoms with E-state index >= 15 is 0 Å². The molecule has 3 nitrogen and oxygen atoms in total. The first-order chi connectivity index (χ1) is 16.9. The zero-order valence-corrected chi connectivity index (χ0v) is 22.6. The Morgan fingerprint density at radius 2 is 1.00 bits per heavy atom. The van der Waals surface area contributed by atoms with E-state index in [1.165, 1.54) is 21.9 Å². The van der Waals surface area contributed by atoms with Gasteiger partial charge in [-0.15, -0.1) is 0 Å². The van der Waals surface area contributed by atoms with Gasteiger partial charge in [-0.05, 0) is 82.6 Å². The van der Waals surface area contributed by atoms with Gasteiger partial charge in [0.25, 0.3) is 0 Å². The first-order valence-electron chi connectivity index (χ1n) is 12.4. The molecule has 0 aliphatic carbocycles. The van der Waals surface area contributed by atoms with Gasteiger partial charge in [-0.3, -0.25) is 0 Å². The molecule has 0 saturated heterocycles. The summed E-state index contributed by atoms with van der Waals surface area (Å²) in [5, 5.41) is 2.43. The summed E-state index contributed by atoms with van der Waals surface area (Å²) in [5.41, 5.74) is 5.83. The van der Waals surface area contributed by atoms with E-state index < -0.39 is 9.84 Å². The number of rotatable bonds is 3. The highest BCUT2D eigenvalue weighted by Gasteiger charge is 2.22. The van der Waals surface area contributed by atoms with Crippen molar-refractivity contribution in [2.45, 2.75) is 62.2 Å². The van der Waals surface area contributed by atoms with Gasteiger partial charge in [-0.25, -0.2) is 8.42 Å². The molecule has 0 atom stereocenters. The molecule has 0 N–H and O–H groups in total. The third-order valence-corrected chi connectivity index (χ3v) is 8.74. The van der Waals surface area contributed by atoms with E-state index in [-0.39, 0.29) is 10.8 Å². The predicted molar refractivity (Wildman–Crippen MR) is 150 cm³/mol. The van der Waals surface area contributed by atoms with Gasteiger partial charge in [0, 0.05) is 16.5 Å². The van der Waals surface area contributed by atoms with Gasteiger partial charge in [-0.2, -0.15) is 0 Å². The molecular formula is C32H33NO2S. The van der Waals surface area contributed by atoms with Crippen molar-refractivity contribution in [1.29, 1.82) is 0 Å². The highest BCUT2D eigenvalue weighted by molar-refractivity contribution is 7.91. The largest absolute Gasteiger partial charge is 0.309 e. The molecule has 0 radical (unpaired) electrons. The third kappa shape index (κ3) is 4.14. The smallest absolute Gasteiger partial charge is 0.206 e. The van der Waals surface area contributed by atoms with E-state index in [1.54, 1.807) is 36.4 Å². The van der Waals surface area contributed by atoms with Crippen molar-refractivity contribution in [3.8, 4) is 5.69 Å². The van der Waals surface area contributed by atoms with Crippen molar-refractivity contribution in [1.82, 2.24) is 4.57 Å². The molecule has 184 valence electrons. The molecule has 1 aromatic heterocycles. The molecule has 5 aromatic rings. The Kier molecular flexibility index (Phi) is 5.64. The molecule has 0 aliphatic heterocycles. The lowest BCUT2D eigenvalue weighted by atomic mass is 9.85. The van der Waals surface area contributed by atoms with Gasteiger partial charge in [-0.1, -0.05) is 71.9 Å². The lowest BCUT2D eigenvalue weighted by molar-refractivity contribution is 0.590. The standard InChI is InChI=1S/C32H33NO2S/c1-31(2,3)22-12-18-29-27(20-22)28-21-23(32(4,5)6)13-19-30(28)33(29)24-14-16-26(17-15-24)36(34,35)25-10-8-7-9-11-25/h7-21H,1-6H3. The topological polar surface area (TPSA) is 39.1 Å². The Morgan fingerprint density at radius 3 is 1.44 bits per heavy atom. The quantitative estimate of drug-likeness (QED) is 0.253. The first-order valence-corrected chi connectivity index (χ1v) is 13.9. The lowest BCUT2D eigenvalue weighted by Gasteiger charge is -2.19. The van der Waals surface area contributed by atoms with E-state index in [0.717, 1.165) is 16.7 Å². The second-order valence-corrected chi connectivity index (χ2v) is 13.6. The molecule has 0 fully saturated rings. The van der Waals surface area contributed by atoms with Gasteiger partial charge >= 0.3 is 0 Å². The fraction of sp³-hybridized carbons (Fsp3) is 0.250. The summed E-state index contributed by atoms with van der Waals surface area (Å²) in [6, 6.07) is 29.2. The fourth-order valence-electron chi connectivity index (χ4n) is 4.74. The minimum Gasteiger partial charge on any atom is -0.309 e. The number of hydrogen-bond acceptors (Lipinski definition) is 2. The molecule has 4 heteroatoms. The van der Waals surface area contributed by atoms with E-state index in [1.807, 2.05) is 18.2 Å². The van der Waals surface area contributed by atoms with Crippen LogP contribution in [0.25, 0.3) is 27.5 Å². The van der Waals surface area contributed by atoms with Crippen molar-refractivity contribution in [3.05, 3.63) is 102 Å². The van der Waals surface area contributed by atoms with Crippen LogP contribution in [0.2, 0.25) is 0 Å². The Balaban J connectivity index is 1.72. The predicted octanol–water partition coefficient (Wildman–Crippen LogP) is 8.21. The highest BCUT2D eigenvalue weighted by atomic mass is 32.2. The number of benzene rings is 4. The number of fused-ring (bicyclic) bond motifs is 3. The molecule has 36 heavy (non-hydrogen) atoms. The summed E-state index contributed by atoms with van der Waals surface area (Å²) in [4.78, 5) is 0.599. The number of aromatic nitrogens is 1. The van der Waals surface area contributed by atoms with Crippen LogP contribution in [0.5, 0.6) is 0 Å². The maximum atomic E-state index is 13.1. The number of nitrogens with zero attached hydrogens (tertiary/aromatic N) is 1. The first kappa shape index (κ1) is 24.3. The zero-order chi connectivity index (χ0) is 25.9. The van der Waals surface area contributed by atoms with Crippen LogP contribution in [0.4, 0.5) is 0 Å². The van der Waals surface area contributed by atoms with Gasteiger partial charge < -0.3 is 4.57 Å². The van der Waals surface area contributed by atoms with Crippen LogP contribution < -0.4 is 0 Å². The van der Waals surface area contributed by atoms with Crippen LogP contribution in [-0.4, -0.2) is 13.0 Å². The number of hydrogen-bond donors (Lipinski definition) is 0. The van der Waals surface area contributed by atoms with Crippen LogP contribution in [0, 0.1) is 0 Å². The molecule has 0 amide bonds. The van der Waals surface area contributed by atoms with Crippen molar-refractivity contribution >= 4 is 31.6 Å². The van der Waals surface area contributed by atoms with Crippen LogP contribution in [0.15, 0.2) is 101 Å². The Hall–Kier alpha value is -3.37. The van der Waals surface area contributed by atoms with Crippen LogP contribution >= 0.6 is 0 Å². The van der Waals surface area contributed by atoms with Gasteiger partial charge in [0.2, 0.25) is 9.84 Å². The van der Waals surface area contributed by atoms with Crippen molar-refractivity contribution < 1.29 is 8.42 Å². The molecular weight excluding hydrogens is 462 g/mol. The molecule has 1 heterocycles. The fourth-order valence-corrected chi connectivity index (χ4v) is 6.03. The maximum Gasteiger partial charge on any atom is 0.206 e. The summed E-state index contributed by atoms with van der Waals surface area (Å²) < 4.78 is 28.5. The monoisotopic (exact) mass is 495 g/mol. The van der Waals surface area contributed by atoms with Crippen molar-refractivity contribution in [3.63, 3.8) is 0 Å². The number of sulfone groups is 1. The Bertz CT molecular complexity index is 1610. The molecule has 0 spiro atoms. The minimum absolute atomic E-state index is 0.0394. The summed E-state index contributed by atoms with van der Waals surface area (Å²) in [7, 11) is -3.56. The van der Waals surface area contributed by atoms with Crippen LogP contribution in [0.3, 0.4) is 0 Å². The molecule has 4 aromatic carbocycles. The third-order valence-electron chi connectivity index (χ3n) is 6.96. The van der Waals surface area contributed by atoms with E-state index in [0.29, 0.717) is 9.79 Å². The second kappa shape index (κ2) is 8.35. The van der Waals surface area contributed by atoms with E-state index in [9.17, 15) is 8.42 Å². The minimum atomic E-state index is -3.56. The molecule has 0 saturated carbocycles. The van der Waals surface area contributed by atoms with E-state index in [4.69, 9.17) is 0 Å². The molecule has 0 aliphatic rings. The highest BCUT2D eigenvalue weighted by Crippen LogP contribution is 2.37. The van der Waals surface area contributed by atoms with Crippen molar-refractivity contribution in [2.24, 2.45) is 0 Å². The summed E-state index contributed by atoms with van der Waals surface area (Å²) in [5.74, 6) is 0. The Labute approximate surface area is 214 Å². The van der Waals surface area contributed by atoms with E-state index in [2.05, 4.69) is 82.5 Å². The van der Waals surface area contributed by atoms with Gasteiger partial charge in [0.15, 0.2) is 0 Å². The van der Waals surface area contributed by atoms with Crippen molar-refractivity contribution in [2.75, 3.05) is 0 Å². The van der Waals surface area contributed by atoms with Gasteiger partial charge in [0.05, 0.1) is 20.8 Å². The Morgan fingerprint density at radius 1 is 0.556 bits per heavy atom. The second-order valence-electron chi connectivity index (χ2n) is 11.6. The average molecular weight is 496 g/mol. The zero-order valence-electron chi connectivity index (χ0n) is 21.8. The molecule has 5 rings (SSSR count). The summed E-state index contributed by atoms with van der Waals surface area (Å²) in [6.45, 7) is 13.4. The molecule has 0 bridgehead atoms.